The number of amides is 1. The van der Waals surface area contributed by atoms with Crippen LogP contribution in [0.25, 0.3) is 16.9 Å². The molecule has 3 aromatic rings. The number of aliphatic carboxylic acids is 1. The van der Waals surface area contributed by atoms with Gasteiger partial charge >= 0.3 is 11.9 Å². The zero-order valence-electron chi connectivity index (χ0n) is 21.3. The van der Waals surface area contributed by atoms with Gasteiger partial charge in [0.1, 0.15) is 18.1 Å². The van der Waals surface area contributed by atoms with E-state index in [1.807, 2.05) is 31.2 Å². The number of carbonyl (C=O) groups excluding carboxylic acids is 2. The maximum absolute atomic E-state index is 13.5. The molecule has 9 nitrogen and oxygen atoms in total. The highest BCUT2D eigenvalue weighted by Crippen LogP contribution is 2.31. The van der Waals surface area contributed by atoms with Gasteiger partial charge in [-0.05, 0) is 50.8 Å². The Morgan fingerprint density at radius 3 is 2.65 bits per heavy atom. The number of nitrogens with one attached hydrogen (secondary N) is 2. The number of carboxylic acid groups (broad SMARTS) is 1. The first-order valence-corrected chi connectivity index (χ1v) is 12.9. The van der Waals surface area contributed by atoms with Crippen LogP contribution in [-0.2, 0) is 14.3 Å². The van der Waals surface area contributed by atoms with Gasteiger partial charge in [-0.3, -0.25) is 18.8 Å². The maximum atomic E-state index is 13.5. The molecule has 196 valence electrons. The molecular formula is C28H34N4O5. The minimum Gasteiger partial charge on any atom is -0.481 e. The number of fused-ring (bicyclic) bond motifs is 1. The molecule has 1 saturated carbocycles. The number of imidazole rings is 1. The molecule has 1 aliphatic rings. The van der Waals surface area contributed by atoms with Gasteiger partial charge in [0.15, 0.2) is 5.65 Å². The first-order chi connectivity index (χ1) is 17.9. The van der Waals surface area contributed by atoms with E-state index in [1.54, 1.807) is 29.7 Å². The lowest BCUT2D eigenvalue weighted by molar-refractivity contribution is -0.141. The van der Waals surface area contributed by atoms with Crippen molar-refractivity contribution < 1.29 is 24.2 Å². The number of rotatable bonds is 10. The van der Waals surface area contributed by atoms with Crippen molar-refractivity contribution in [2.24, 2.45) is 5.92 Å². The van der Waals surface area contributed by atoms with Gasteiger partial charge in [0.2, 0.25) is 0 Å². The van der Waals surface area contributed by atoms with Gasteiger partial charge < -0.3 is 20.5 Å². The molecule has 1 aromatic carbocycles. The molecule has 0 spiro atoms. The summed E-state index contributed by atoms with van der Waals surface area (Å²) in [5, 5.41) is 15.6. The number of carboxylic acids is 1. The average Bonchev–Trinajstić information content (AvgIpc) is 3.26. The fourth-order valence-electron chi connectivity index (χ4n) is 5.08. The molecule has 1 fully saturated rings. The molecular weight excluding hydrogens is 472 g/mol. The Morgan fingerprint density at radius 1 is 1.16 bits per heavy atom. The largest absolute Gasteiger partial charge is 0.481 e. The van der Waals surface area contributed by atoms with Gasteiger partial charge in [-0.1, -0.05) is 43.0 Å². The molecule has 9 heteroatoms. The minimum absolute atomic E-state index is 0.0563. The summed E-state index contributed by atoms with van der Waals surface area (Å²) in [5.74, 6) is -0.983. The summed E-state index contributed by atoms with van der Waals surface area (Å²) in [7, 11) is 0. The quantitative estimate of drug-likeness (QED) is 0.348. The monoisotopic (exact) mass is 506 g/mol. The standard InChI is InChI=1S/C28H34N4O5/c1-3-37-24(35)17-29-27-25(20-12-7-9-18(2)15-20)31-26-21(13-8-14-32(26)27)28(36)30-22(16-23(33)34)19-10-5-4-6-11-19/h7-9,12-15,19,22,29H,3-6,10-11,16-17H2,1-2H3,(H,30,36)(H,33,34). The second-order valence-electron chi connectivity index (χ2n) is 9.53. The Balaban J connectivity index is 1.71. The number of hydrogen-bond donors (Lipinski definition) is 3. The molecule has 1 unspecified atom stereocenters. The van der Waals surface area contributed by atoms with Crippen LogP contribution in [0.2, 0.25) is 0 Å². The second-order valence-corrected chi connectivity index (χ2v) is 9.53. The van der Waals surface area contributed by atoms with Crippen molar-refractivity contribution in [3.05, 3.63) is 53.7 Å². The van der Waals surface area contributed by atoms with Crippen LogP contribution in [0.4, 0.5) is 5.82 Å². The zero-order valence-corrected chi connectivity index (χ0v) is 21.3. The van der Waals surface area contributed by atoms with E-state index >= 15 is 0 Å². The van der Waals surface area contributed by atoms with Crippen molar-refractivity contribution in [1.82, 2.24) is 14.7 Å². The topological polar surface area (TPSA) is 122 Å². The summed E-state index contributed by atoms with van der Waals surface area (Å²) < 4.78 is 6.82. The minimum atomic E-state index is -0.929. The summed E-state index contributed by atoms with van der Waals surface area (Å²) in [5.41, 5.74) is 3.25. The number of ether oxygens (including phenoxy) is 1. The highest BCUT2D eigenvalue weighted by Gasteiger charge is 2.29. The fraction of sp³-hybridized carbons (Fsp3) is 0.429. The van der Waals surface area contributed by atoms with Gasteiger partial charge in [0.05, 0.1) is 18.6 Å². The number of carbonyl (C=O) groups is 3. The highest BCUT2D eigenvalue weighted by atomic mass is 16.5. The first-order valence-electron chi connectivity index (χ1n) is 12.9. The Labute approximate surface area is 216 Å². The molecule has 4 rings (SSSR count). The molecule has 1 aliphatic carbocycles. The van der Waals surface area contributed by atoms with E-state index < -0.39 is 18.0 Å². The van der Waals surface area contributed by atoms with Crippen molar-refractivity contribution in [3.8, 4) is 11.3 Å². The second kappa shape index (κ2) is 11.9. The van der Waals surface area contributed by atoms with Crippen LogP contribution in [0, 0.1) is 12.8 Å². The van der Waals surface area contributed by atoms with E-state index in [0.29, 0.717) is 22.7 Å². The number of benzene rings is 1. The lowest BCUT2D eigenvalue weighted by atomic mass is 9.82. The predicted molar refractivity (Wildman–Crippen MR) is 141 cm³/mol. The van der Waals surface area contributed by atoms with Crippen molar-refractivity contribution in [2.75, 3.05) is 18.5 Å². The van der Waals surface area contributed by atoms with Crippen molar-refractivity contribution in [2.45, 2.75) is 58.4 Å². The van der Waals surface area contributed by atoms with Crippen molar-refractivity contribution >= 4 is 29.3 Å². The molecule has 0 bridgehead atoms. The summed E-state index contributed by atoms with van der Waals surface area (Å²) in [6.07, 6.45) is 6.71. The Morgan fingerprint density at radius 2 is 1.95 bits per heavy atom. The maximum Gasteiger partial charge on any atom is 0.325 e. The molecule has 2 aromatic heterocycles. The van der Waals surface area contributed by atoms with E-state index in [0.717, 1.165) is 43.2 Å². The molecule has 0 saturated heterocycles. The molecule has 1 amide bonds. The van der Waals surface area contributed by atoms with Crippen LogP contribution >= 0.6 is 0 Å². The summed E-state index contributed by atoms with van der Waals surface area (Å²) in [6.45, 7) is 3.96. The van der Waals surface area contributed by atoms with E-state index in [9.17, 15) is 19.5 Å². The van der Waals surface area contributed by atoms with Gasteiger partial charge in [0.25, 0.3) is 5.91 Å². The predicted octanol–water partition coefficient (Wildman–Crippen LogP) is 4.44. The van der Waals surface area contributed by atoms with Crippen LogP contribution < -0.4 is 10.6 Å². The summed E-state index contributed by atoms with van der Waals surface area (Å²) in [4.78, 5) is 42.0. The first kappa shape index (κ1) is 26.2. The van der Waals surface area contributed by atoms with E-state index in [4.69, 9.17) is 9.72 Å². The molecule has 37 heavy (non-hydrogen) atoms. The summed E-state index contributed by atoms with van der Waals surface area (Å²) >= 11 is 0. The SMILES string of the molecule is CCOC(=O)CNc1c(-c2cccc(C)c2)nc2c(C(=O)NC(CC(=O)O)C3CCCCC3)cccn12. The van der Waals surface area contributed by atoms with Crippen LogP contribution in [0.3, 0.4) is 0 Å². The van der Waals surface area contributed by atoms with Gasteiger partial charge in [0, 0.05) is 17.8 Å². The van der Waals surface area contributed by atoms with Gasteiger partial charge in [-0.2, -0.15) is 0 Å². The molecule has 3 N–H and O–H groups in total. The highest BCUT2D eigenvalue weighted by molar-refractivity contribution is 6.01. The Kier molecular flexibility index (Phi) is 8.43. The molecule has 2 heterocycles. The summed E-state index contributed by atoms with van der Waals surface area (Å²) in [6, 6.07) is 10.8. The normalized spacial score (nSPS) is 14.8. The third-order valence-electron chi connectivity index (χ3n) is 6.82. The number of anilines is 1. The van der Waals surface area contributed by atoms with E-state index in [2.05, 4.69) is 10.6 Å². The van der Waals surface area contributed by atoms with Gasteiger partial charge in [-0.25, -0.2) is 4.98 Å². The Hall–Kier alpha value is -3.88. The molecule has 0 aliphatic heterocycles. The lowest BCUT2D eigenvalue weighted by Crippen LogP contribution is -2.42. The van der Waals surface area contributed by atoms with Crippen LogP contribution in [0.5, 0.6) is 0 Å². The van der Waals surface area contributed by atoms with E-state index in [-0.39, 0.29) is 31.4 Å². The molecule has 1 atom stereocenters. The van der Waals surface area contributed by atoms with Crippen molar-refractivity contribution in [3.63, 3.8) is 0 Å². The number of aromatic nitrogens is 2. The zero-order chi connectivity index (χ0) is 26.4. The van der Waals surface area contributed by atoms with E-state index in [1.165, 1.54) is 0 Å². The van der Waals surface area contributed by atoms with Crippen molar-refractivity contribution in [1.29, 1.82) is 0 Å². The van der Waals surface area contributed by atoms with Crippen LogP contribution in [0.1, 0.15) is 61.4 Å². The average molecular weight is 507 g/mol. The number of hydrogen-bond acceptors (Lipinski definition) is 6. The van der Waals surface area contributed by atoms with Crippen LogP contribution in [-0.4, -0.2) is 51.5 Å². The smallest absolute Gasteiger partial charge is 0.325 e. The fourth-order valence-corrected chi connectivity index (χ4v) is 5.08. The van der Waals surface area contributed by atoms with Crippen LogP contribution in [0.15, 0.2) is 42.6 Å². The Bertz CT molecular complexity index is 1280. The van der Waals surface area contributed by atoms with Gasteiger partial charge in [-0.15, -0.1) is 0 Å². The number of pyridine rings is 1. The number of nitrogens with zero attached hydrogens (tertiary/aromatic N) is 2. The third kappa shape index (κ3) is 6.28. The number of aryl methyl sites for hydroxylation is 1. The third-order valence-corrected chi connectivity index (χ3v) is 6.82. The number of esters is 1. The molecule has 0 radical (unpaired) electrons. The lowest BCUT2D eigenvalue weighted by Gasteiger charge is -2.30.